The quantitative estimate of drug-likeness (QED) is 0.734. The molecule has 1 N–H and O–H groups in total. The Hall–Kier alpha value is -2.93. The highest BCUT2D eigenvalue weighted by Crippen LogP contribution is 2.23. The minimum absolute atomic E-state index is 0.200. The summed E-state index contributed by atoms with van der Waals surface area (Å²) >= 11 is 0. The standard InChI is InChI=1S/C26H34N4O3/c1-20-9-11-23(25(32)27-20)26(33)30-13-5-8-22(19-30)10-12-24(31)29-16-14-28(15-17-29)18-21-6-3-2-4-7-21/h2-4,6-7,9,11,22H,5,8,10,12-19H2,1H3,(H,27,32). The first kappa shape index (κ1) is 23.2. The van der Waals surface area contributed by atoms with Crippen LogP contribution in [0.2, 0.25) is 0 Å². The molecule has 1 atom stereocenters. The molecule has 0 spiro atoms. The van der Waals surface area contributed by atoms with Crippen LogP contribution in [0.3, 0.4) is 0 Å². The minimum atomic E-state index is -0.330. The van der Waals surface area contributed by atoms with Crippen molar-refractivity contribution in [1.29, 1.82) is 0 Å². The molecule has 7 nitrogen and oxygen atoms in total. The zero-order valence-corrected chi connectivity index (χ0v) is 19.5. The maximum Gasteiger partial charge on any atom is 0.260 e. The molecule has 7 heteroatoms. The third-order valence-electron chi connectivity index (χ3n) is 6.83. The van der Waals surface area contributed by atoms with Gasteiger partial charge in [0.15, 0.2) is 0 Å². The van der Waals surface area contributed by atoms with E-state index in [1.807, 2.05) is 11.0 Å². The number of carbonyl (C=O) groups excluding carboxylic acids is 2. The van der Waals surface area contributed by atoms with Crippen molar-refractivity contribution in [3.8, 4) is 0 Å². The highest BCUT2D eigenvalue weighted by molar-refractivity contribution is 5.93. The van der Waals surface area contributed by atoms with Gasteiger partial charge < -0.3 is 14.8 Å². The van der Waals surface area contributed by atoms with Crippen LogP contribution in [0.25, 0.3) is 0 Å². The topological polar surface area (TPSA) is 76.7 Å². The van der Waals surface area contributed by atoms with Crippen molar-refractivity contribution in [3.63, 3.8) is 0 Å². The van der Waals surface area contributed by atoms with E-state index in [-0.39, 0.29) is 22.9 Å². The molecular weight excluding hydrogens is 416 g/mol. The molecule has 0 bridgehead atoms. The summed E-state index contributed by atoms with van der Waals surface area (Å²) in [5, 5.41) is 0. The summed E-state index contributed by atoms with van der Waals surface area (Å²) in [6.07, 6.45) is 3.24. The number of H-pyrrole nitrogens is 1. The van der Waals surface area contributed by atoms with Crippen molar-refractivity contribution in [1.82, 2.24) is 19.7 Å². The summed E-state index contributed by atoms with van der Waals surface area (Å²) in [4.78, 5) is 46.7. The highest BCUT2D eigenvalue weighted by Gasteiger charge is 2.27. The van der Waals surface area contributed by atoms with Crippen molar-refractivity contribution >= 4 is 11.8 Å². The molecule has 2 aliphatic heterocycles. The summed E-state index contributed by atoms with van der Waals surface area (Å²) in [5.74, 6) is 0.310. The number of carbonyl (C=O) groups is 2. The largest absolute Gasteiger partial charge is 0.340 e. The van der Waals surface area contributed by atoms with Gasteiger partial charge in [0.1, 0.15) is 5.56 Å². The first-order chi connectivity index (χ1) is 16.0. The van der Waals surface area contributed by atoms with Crippen LogP contribution in [-0.2, 0) is 11.3 Å². The third kappa shape index (κ3) is 6.11. The average molecular weight is 451 g/mol. The van der Waals surface area contributed by atoms with E-state index in [0.717, 1.165) is 57.7 Å². The SMILES string of the molecule is Cc1ccc(C(=O)N2CCCC(CCC(=O)N3CCN(Cc4ccccc4)CC3)C2)c(=O)[nH]1. The van der Waals surface area contributed by atoms with E-state index in [1.165, 1.54) is 5.56 Å². The smallest absolute Gasteiger partial charge is 0.260 e. The van der Waals surface area contributed by atoms with Gasteiger partial charge in [-0.1, -0.05) is 30.3 Å². The summed E-state index contributed by atoms with van der Waals surface area (Å²) in [6, 6.07) is 13.8. The summed E-state index contributed by atoms with van der Waals surface area (Å²) < 4.78 is 0. The average Bonchev–Trinajstić information content (AvgIpc) is 2.83. The van der Waals surface area contributed by atoms with E-state index < -0.39 is 0 Å². The van der Waals surface area contributed by atoms with Gasteiger partial charge in [0.05, 0.1) is 0 Å². The third-order valence-corrected chi connectivity index (χ3v) is 6.83. The second-order valence-corrected chi connectivity index (χ2v) is 9.32. The molecule has 2 aromatic rings. The molecule has 1 aromatic heterocycles. The van der Waals surface area contributed by atoms with Gasteiger partial charge in [0.25, 0.3) is 11.5 Å². The maximum absolute atomic E-state index is 12.9. The molecule has 2 amide bonds. The van der Waals surface area contributed by atoms with E-state index >= 15 is 0 Å². The van der Waals surface area contributed by atoms with E-state index in [2.05, 4.69) is 34.1 Å². The van der Waals surface area contributed by atoms with Gasteiger partial charge in [-0.3, -0.25) is 19.3 Å². The molecule has 2 aliphatic rings. The molecule has 33 heavy (non-hydrogen) atoms. The lowest BCUT2D eigenvalue weighted by molar-refractivity contribution is -0.133. The number of aromatic nitrogens is 1. The number of hydrogen-bond donors (Lipinski definition) is 1. The van der Waals surface area contributed by atoms with Crippen molar-refractivity contribution in [2.75, 3.05) is 39.3 Å². The number of aromatic amines is 1. The number of nitrogens with one attached hydrogen (secondary N) is 1. The Labute approximate surface area is 195 Å². The van der Waals surface area contributed by atoms with Gasteiger partial charge in [-0.05, 0) is 49.8 Å². The predicted molar refractivity (Wildman–Crippen MR) is 128 cm³/mol. The second kappa shape index (κ2) is 10.8. The highest BCUT2D eigenvalue weighted by atomic mass is 16.2. The monoisotopic (exact) mass is 450 g/mol. The molecule has 2 fully saturated rings. The number of piperazine rings is 1. The van der Waals surface area contributed by atoms with Crippen molar-refractivity contribution in [2.45, 2.75) is 39.2 Å². The molecule has 1 aromatic carbocycles. The van der Waals surface area contributed by atoms with Crippen LogP contribution in [0.4, 0.5) is 0 Å². The number of nitrogens with zero attached hydrogens (tertiary/aromatic N) is 3. The minimum Gasteiger partial charge on any atom is -0.340 e. The van der Waals surface area contributed by atoms with Crippen molar-refractivity contribution < 1.29 is 9.59 Å². The first-order valence-corrected chi connectivity index (χ1v) is 12.0. The van der Waals surface area contributed by atoms with Gasteiger partial charge in [-0.25, -0.2) is 0 Å². The molecular formula is C26H34N4O3. The van der Waals surface area contributed by atoms with Gasteiger partial charge in [-0.2, -0.15) is 0 Å². The number of rotatable bonds is 6. The Bertz CT molecular complexity index is 1010. The van der Waals surface area contributed by atoms with Gasteiger partial charge in [0, 0.05) is 57.9 Å². The Morgan fingerprint density at radius 3 is 2.45 bits per heavy atom. The Balaban J connectivity index is 1.22. The summed E-state index contributed by atoms with van der Waals surface area (Å²) in [5.41, 5.74) is 1.92. The lowest BCUT2D eigenvalue weighted by Gasteiger charge is -2.36. The van der Waals surface area contributed by atoms with Crippen LogP contribution in [0, 0.1) is 12.8 Å². The fraction of sp³-hybridized carbons (Fsp3) is 0.500. The van der Waals surface area contributed by atoms with E-state index in [1.54, 1.807) is 24.0 Å². The van der Waals surface area contributed by atoms with Gasteiger partial charge in [0.2, 0.25) is 5.91 Å². The van der Waals surface area contributed by atoms with Gasteiger partial charge in [-0.15, -0.1) is 0 Å². The van der Waals surface area contributed by atoms with E-state index in [4.69, 9.17) is 0 Å². The predicted octanol–water partition coefficient (Wildman–Crippen LogP) is 2.66. The fourth-order valence-electron chi connectivity index (χ4n) is 4.88. The molecule has 2 saturated heterocycles. The van der Waals surface area contributed by atoms with Gasteiger partial charge >= 0.3 is 0 Å². The zero-order valence-electron chi connectivity index (χ0n) is 19.5. The maximum atomic E-state index is 12.9. The molecule has 0 aliphatic carbocycles. The van der Waals surface area contributed by atoms with E-state index in [9.17, 15) is 14.4 Å². The molecule has 0 radical (unpaired) electrons. The summed E-state index contributed by atoms with van der Waals surface area (Å²) in [7, 11) is 0. The Kier molecular flexibility index (Phi) is 7.60. The Morgan fingerprint density at radius 2 is 1.73 bits per heavy atom. The normalized spacial score (nSPS) is 19.5. The van der Waals surface area contributed by atoms with Crippen molar-refractivity contribution in [3.05, 3.63) is 69.6 Å². The molecule has 3 heterocycles. The number of aryl methyl sites for hydroxylation is 1. The molecule has 0 saturated carbocycles. The lowest BCUT2D eigenvalue weighted by atomic mass is 9.92. The molecule has 176 valence electrons. The molecule has 1 unspecified atom stereocenters. The second-order valence-electron chi connectivity index (χ2n) is 9.32. The van der Waals surface area contributed by atoms with Crippen LogP contribution >= 0.6 is 0 Å². The van der Waals surface area contributed by atoms with Crippen LogP contribution in [0.1, 0.15) is 47.3 Å². The number of piperidine rings is 1. The zero-order chi connectivity index (χ0) is 23.2. The number of pyridine rings is 1. The number of benzene rings is 1. The number of hydrogen-bond acceptors (Lipinski definition) is 4. The number of amides is 2. The lowest BCUT2D eigenvalue weighted by Crippen LogP contribution is -2.48. The Morgan fingerprint density at radius 1 is 0.970 bits per heavy atom. The molecule has 4 rings (SSSR count). The van der Waals surface area contributed by atoms with Crippen molar-refractivity contribution in [2.24, 2.45) is 5.92 Å². The van der Waals surface area contributed by atoms with Crippen LogP contribution in [-0.4, -0.2) is 70.8 Å². The number of likely N-dealkylation sites (tertiary alicyclic amines) is 1. The first-order valence-electron chi connectivity index (χ1n) is 12.0. The van der Waals surface area contributed by atoms with Crippen LogP contribution in [0.15, 0.2) is 47.3 Å². The fourth-order valence-corrected chi connectivity index (χ4v) is 4.88. The summed E-state index contributed by atoms with van der Waals surface area (Å²) in [6.45, 7) is 7.36. The van der Waals surface area contributed by atoms with Crippen LogP contribution < -0.4 is 5.56 Å². The van der Waals surface area contributed by atoms with Crippen LogP contribution in [0.5, 0.6) is 0 Å². The van der Waals surface area contributed by atoms with E-state index in [0.29, 0.717) is 25.4 Å².